The first-order valence-corrected chi connectivity index (χ1v) is 11.8. The van der Waals surface area contributed by atoms with Crippen LogP contribution in [0.4, 0.5) is 0 Å². The van der Waals surface area contributed by atoms with E-state index in [4.69, 9.17) is 4.74 Å². The highest BCUT2D eigenvalue weighted by molar-refractivity contribution is 5.75. The summed E-state index contributed by atoms with van der Waals surface area (Å²) in [6, 6.07) is 6.28. The number of benzene rings is 1. The molecule has 2 N–H and O–H groups in total. The monoisotopic (exact) mass is 439 g/mol. The number of fused-ring (bicyclic) bond motifs is 3. The van der Waals surface area contributed by atoms with Crippen molar-refractivity contribution >= 4 is 5.91 Å². The van der Waals surface area contributed by atoms with Gasteiger partial charge in [-0.1, -0.05) is 37.3 Å². The molecular weight excluding hydrogens is 402 g/mol. The number of nitrogens with zero attached hydrogens (tertiary/aromatic N) is 1. The SMILES string of the molecule is CC#CC[C@@H](C)[C@H](O)C=C[C@@H]1[C@H]2c3cccc(CCCCC(=O)N(C)C)c3O[C@H]2C[C@H]1O. The summed E-state index contributed by atoms with van der Waals surface area (Å²) >= 11 is 0. The Labute approximate surface area is 192 Å². The molecule has 1 aromatic rings. The van der Waals surface area contributed by atoms with E-state index >= 15 is 0 Å². The predicted octanol–water partition coefficient (Wildman–Crippen LogP) is 3.68. The minimum Gasteiger partial charge on any atom is -0.489 e. The van der Waals surface area contributed by atoms with Crippen LogP contribution >= 0.6 is 0 Å². The largest absolute Gasteiger partial charge is 0.489 e. The molecule has 1 amide bonds. The fourth-order valence-corrected chi connectivity index (χ4v) is 4.80. The summed E-state index contributed by atoms with van der Waals surface area (Å²) in [6.07, 6.45) is 7.19. The van der Waals surface area contributed by atoms with Gasteiger partial charge >= 0.3 is 0 Å². The summed E-state index contributed by atoms with van der Waals surface area (Å²) in [7, 11) is 3.58. The van der Waals surface area contributed by atoms with Crippen LogP contribution in [0.3, 0.4) is 0 Å². The van der Waals surface area contributed by atoms with Gasteiger partial charge in [-0.3, -0.25) is 4.79 Å². The highest BCUT2D eigenvalue weighted by Crippen LogP contribution is 2.52. The predicted molar refractivity (Wildman–Crippen MR) is 126 cm³/mol. The van der Waals surface area contributed by atoms with Crippen LogP contribution < -0.4 is 4.74 Å². The fourth-order valence-electron chi connectivity index (χ4n) is 4.80. The van der Waals surface area contributed by atoms with E-state index in [2.05, 4.69) is 30.0 Å². The van der Waals surface area contributed by atoms with Crippen molar-refractivity contribution < 1.29 is 19.7 Å². The van der Waals surface area contributed by atoms with Gasteiger partial charge in [0.2, 0.25) is 5.91 Å². The van der Waals surface area contributed by atoms with E-state index in [-0.39, 0.29) is 29.8 Å². The minimum absolute atomic E-state index is 0.0355. The Balaban J connectivity index is 1.67. The van der Waals surface area contributed by atoms with Gasteiger partial charge in [0.1, 0.15) is 11.9 Å². The number of para-hydroxylation sites is 1. The van der Waals surface area contributed by atoms with Crippen LogP contribution in [0.25, 0.3) is 0 Å². The number of aliphatic hydroxyl groups is 2. The minimum atomic E-state index is -0.583. The molecule has 0 bridgehead atoms. The molecule has 1 aliphatic carbocycles. The molecule has 0 aromatic heterocycles. The average Bonchev–Trinajstić information content (AvgIpc) is 3.28. The Morgan fingerprint density at radius 2 is 2.12 bits per heavy atom. The Morgan fingerprint density at radius 1 is 1.34 bits per heavy atom. The molecule has 0 radical (unpaired) electrons. The number of amides is 1. The van der Waals surface area contributed by atoms with E-state index in [1.54, 1.807) is 25.9 Å². The van der Waals surface area contributed by atoms with Crippen LogP contribution in [-0.4, -0.2) is 53.4 Å². The van der Waals surface area contributed by atoms with Crippen molar-refractivity contribution in [1.29, 1.82) is 0 Å². The molecule has 0 saturated heterocycles. The average molecular weight is 440 g/mol. The molecule has 1 fully saturated rings. The summed E-state index contributed by atoms with van der Waals surface area (Å²) in [5, 5.41) is 21.2. The molecule has 1 aliphatic heterocycles. The summed E-state index contributed by atoms with van der Waals surface area (Å²) < 4.78 is 6.34. The quantitative estimate of drug-likeness (QED) is 0.350. The molecule has 1 aromatic carbocycles. The summed E-state index contributed by atoms with van der Waals surface area (Å²) in [5.41, 5.74) is 2.33. The standard InChI is InChI=1S/C27H37NO4/c1-5-6-10-18(2)22(29)16-15-20-23(30)17-24-26(20)21-13-9-12-19(27(21)32-24)11-7-8-14-25(31)28(3)4/h9,12-13,15-16,18,20,22-24,26,29-30H,7-8,10-11,14,17H2,1-4H3/t18-,20+,22-,23-,24+,26+/m1/s1. The second-order valence-corrected chi connectivity index (χ2v) is 9.38. The van der Waals surface area contributed by atoms with Gasteiger partial charge in [-0.25, -0.2) is 0 Å². The molecule has 6 atom stereocenters. The molecule has 5 nitrogen and oxygen atoms in total. The zero-order valence-electron chi connectivity index (χ0n) is 19.8. The lowest BCUT2D eigenvalue weighted by molar-refractivity contribution is -0.128. The van der Waals surface area contributed by atoms with Crippen molar-refractivity contribution in [2.45, 2.75) is 76.6 Å². The van der Waals surface area contributed by atoms with Crippen molar-refractivity contribution in [2.24, 2.45) is 11.8 Å². The molecule has 174 valence electrons. The first kappa shape index (κ1) is 24.4. The molecule has 1 heterocycles. The lowest BCUT2D eigenvalue weighted by atomic mass is 9.86. The fraction of sp³-hybridized carbons (Fsp3) is 0.593. The van der Waals surface area contributed by atoms with Gasteiger partial charge in [-0.15, -0.1) is 11.8 Å². The second kappa shape index (κ2) is 11.0. The van der Waals surface area contributed by atoms with Crippen LogP contribution in [0.2, 0.25) is 0 Å². The Morgan fingerprint density at radius 3 is 2.84 bits per heavy atom. The summed E-state index contributed by atoms with van der Waals surface area (Å²) in [5.74, 6) is 7.09. The molecule has 1 saturated carbocycles. The Hall–Kier alpha value is -2.29. The number of aliphatic hydroxyl groups excluding tert-OH is 2. The zero-order valence-corrected chi connectivity index (χ0v) is 19.8. The van der Waals surface area contributed by atoms with E-state index in [9.17, 15) is 15.0 Å². The van der Waals surface area contributed by atoms with Gasteiger partial charge in [0.15, 0.2) is 0 Å². The van der Waals surface area contributed by atoms with Crippen molar-refractivity contribution in [3.8, 4) is 17.6 Å². The van der Waals surface area contributed by atoms with Gasteiger partial charge in [0.05, 0.1) is 12.2 Å². The maximum atomic E-state index is 11.8. The van der Waals surface area contributed by atoms with Crippen LogP contribution in [0.5, 0.6) is 5.75 Å². The third-order valence-electron chi connectivity index (χ3n) is 6.79. The molecule has 0 unspecified atom stereocenters. The second-order valence-electron chi connectivity index (χ2n) is 9.38. The highest BCUT2D eigenvalue weighted by Gasteiger charge is 2.48. The third kappa shape index (κ3) is 5.54. The Bertz CT molecular complexity index is 881. The van der Waals surface area contributed by atoms with E-state index in [0.29, 0.717) is 19.3 Å². The van der Waals surface area contributed by atoms with Gasteiger partial charge in [-0.05, 0) is 37.7 Å². The Kier molecular flexibility index (Phi) is 8.39. The van der Waals surface area contributed by atoms with Crippen LogP contribution in [0, 0.1) is 23.7 Å². The summed E-state index contributed by atoms with van der Waals surface area (Å²) in [4.78, 5) is 13.4. The number of carbonyl (C=O) groups is 1. The van der Waals surface area contributed by atoms with Crippen molar-refractivity contribution in [3.63, 3.8) is 0 Å². The van der Waals surface area contributed by atoms with Crippen LogP contribution in [-0.2, 0) is 11.2 Å². The van der Waals surface area contributed by atoms with E-state index < -0.39 is 12.2 Å². The van der Waals surface area contributed by atoms with Crippen LogP contribution in [0.15, 0.2) is 30.4 Å². The molecule has 2 aliphatic rings. The number of carbonyl (C=O) groups excluding carboxylic acids is 1. The van der Waals surface area contributed by atoms with Crippen molar-refractivity contribution in [3.05, 3.63) is 41.5 Å². The highest BCUT2D eigenvalue weighted by atomic mass is 16.5. The maximum absolute atomic E-state index is 11.8. The summed E-state index contributed by atoms with van der Waals surface area (Å²) in [6.45, 7) is 3.79. The number of rotatable bonds is 9. The van der Waals surface area contributed by atoms with Gasteiger partial charge in [0.25, 0.3) is 0 Å². The van der Waals surface area contributed by atoms with Crippen molar-refractivity contribution in [1.82, 2.24) is 4.90 Å². The van der Waals surface area contributed by atoms with Crippen molar-refractivity contribution in [2.75, 3.05) is 14.1 Å². The topological polar surface area (TPSA) is 70.0 Å². The normalized spacial score (nSPS) is 25.4. The maximum Gasteiger partial charge on any atom is 0.222 e. The number of hydrogen-bond donors (Lipinski definition) is 2. The third-order valence-corrected chi connectivity index (χ3v) is 6.79. The van der Waals surface area contributed by atoms with E-state index in [0.717, 1.165) is 30.6 Å². The van der Waals surface area contributed by atoms with Gasteiger partial charge in [-0.2, -0.15) is 0 Å². The molecular formula is C27H37NO4. The molecule has 3 rings (SSSR count). The molecule has 0 spiro atoms. The number of ether oxygens (including phenoxy) is 1. The number of unbranched alkanes of at least 4 members (excludes halogenated alkanes) is 1. The molecule has 32 heavy (non-hydrogen) atoms. The van der Waals surface area contributed by atoms with Crippen LogP contribution in [0.1, 0.15) is 63.0 Å². The lowest BCUT2D eigenvalue weighted by Gasteiger charge is -2.19. The lowest BCUT2D eigenvalue weighted by Crippen LogP contribution is -2.21. The van der Waals surface area contributed by atoms with Gasteiger partial charge in [0, 0.05) is 50.8 Å². The number of aryl methyl sites for hydroxylation is 1. The first-order valence-electron chi connectivity index (χ1n) is 11.8. The van der Waals surface area contributed by atoms with Gasteiger partial charge < -0.3 is 19.8 Å². The number of hydrogen-bond acceptors (Lipinski definition) is 4. The van der Waals surface area contributed by atoms with E-state index in [1.807, 2.05) is 19.1 Å². The molecule has 5 heteroatoms. The smallest absolute Gasteiger partial charge is 0.222 e. The zero-order chi connectivity index (χ0) is 23.3. The first-order chi connectivity index (χ1) is 15.3. The van der Waals surface area contributed by atoms with E-state index in [1.165, 1.54) is 5.56 Å².